The van der Waals surface area contributed by atoms with Gasteiger partial charge in [-0.25, -0.2) is 9.59 Å². The third kappa shape index (κ3) is 11.4. The number of nitrogens with one attached hydrogen (secondary N) is 1. The third-order valence-corrected chi connectivity index (χ3v) is 2.48. The van der Waals surface area contributed by atoms with Crippen LogP contribution in [0.3, 0.4) is 0 Å². The van der Waals surface area contributed by atoms with Crippen molar-refractivity contribution >= 4 is 18.0 Å². The normalized spacial score (nSPS) is 13.0. The highest BCUT2D eigenvalue weighted by Gasteiger charge is 2.28. The number of carbonyl (C=O) groups excluding carboxylic acids is 3. The summed E-state index contributed by atoms with van der Waals surface area (Å²) in [7, 11) is 1.30. The van der Waals surface area contributed by atoms with Crippen molar-refractivity contribution in [3.8, 4) is 0 Å². The van der Waals surface area contributed by atoms with Gasteiger partial charge < -0.3 is 19.5 Å². The van der Waals surface area contributed by atoms with Crippen molar-refractivity contribution in [1.82, 2.24) is 5.32 Å². The molecule has 1 amide bonds. The predicted molar refractivity (Wildman–Crippen MR) is 84.9 cm³/mol. The molecule has 0 bridgehead atoms. The molecular weight excluding hydrogens is 302 g/mol. The molecule has 0 radical (unpaired) electrons. The average molecular weight is 331 g/mol. The smallest absolute Gasteiger partial charge is 0.408 e. The lowest BCUT2D eigenvalue weighted by molar-refractivity contribution is -0.158. The van der Waals surface area contributed by atoms with Crippen LogP contribution in [-0.4, -0.2) is 42.4 Å². The van der Waals surface area contributed by atoms with E-state index in [1.807, 2.05) is 0 Å². The zero-order valence-corrected chi connectivity index (χ0v) is 15.1. The molecule has 0 unspecified atom stereocenters. The Morgan fingerprint density at radius 1 is 0.957 bits per heavy atom. The standard InChI is InChI=1S/C16H29NO6/c1-15(2,3)22-13(19)11(9-8-10-12(18)21-7)17-14(20)23-16(4,5)6/h11H,8-10H2,1-7H3,(H,17,20)/t11-/m0/s1. The van der Waals surface area contributed by atoms with Gasteiger partial charge in [-0.1, -0.05) is 0 Å². The molecule has 0 heterocycles. The monoisotopic (exact) mass is 331 g/mol. The summed E-state index contributed by atoms with van der Waals surface area (Å²) in [6, 6.07) is -0.881. The van der Waals surface area contributed by atoms with Crippen molar-refractivity contribution < 1.29 is 28.6 Å². The van der Waals surface area contributed by atoms with E-state index in [-0.39, 0.29) is 18.8 Å². The van der Waals surface area contributed by atoms with Crippen molar-refractivity contribution in [3.05, 3.63) is 0 Å². The highest BCUT2D eigenvalue weighted by atomic mass is 16.6. The zero-order valence-electron chi connectivity index (χ0n) is 15.1. The Hall–Kier alpha value is -1.79. The van der Waals surface area contributed by atoms with E-state index in [4.69, 9.17) is 9.47 Å². The van der Waals surface area contributed by atoms with Crippen LogP contribution < -0.4 is 5.32 Å². The molecule has 23 heavy (non-hydrogen) atoms. The van der Waals surface area contributed by atoms with E-state index in [1.54, 1.807) is 41.5 Å². The summed E-state index contributed by atoms with van der Waals surface area (Å²) >= 11 is 0. The molecule has 1 atom stereocenters. The van der Waals surface area contributed by atoms with Crippen LogP contribution >= 0.6 is 0 Å². The molecule has 0 aromatic carbocycles. The Morgan fingerprint density at radius 3 is 1.91 bits per heavy atom. The van der Waals surface area contributed by atoms with Gasteiger partial charge in [0.15, 0.2) is 0 Å². The van der Waals surface area contributed by atoms with Crippen molar-refractivity contribution in [2.75, 3.05) is 7.11 Å². The lowest BCUT2D eigenvalue weighted by Crippen LogP contribution is -2.46. The number of ether oxygens (including phenoxy) is 3. The minimum atomic E-state index is -0.881. The van der Waals surface area contributed by atoms with Crippen LogP contribution in [0.5, 0.6) is 0 Å². The van der Waals surface area contributed by atoms with Crippen LogP contribution in [0.15, 0.2) is 0 Å². The summed E-state index contributed by atoms with van der Waals surface area (Å²) in [5.41, 5.74) is -1.35. The van der Waals surface area contributed by atoms with Crippen molar-refractivity contribution in [3.63, 3.8) is 0 Å². The summed E-state index contributed by atoms with van der Waals surface area (Å²) in [5.74, 6) is -0.932. The van der Waals surface area contributed by atoms with Gasteiger partial charge in [-0.2, -0.15) is 0 Å². The first kappa shape index (κ1) is 21.2. The highest BCUT2D eigenvalue weighted by Crippen LogP contribution is 2.13. The summed E-state index contributed by atoms with van der Waals surface area (Å²) < 4.78 is 15.0. The van der Waals surface area contributed by atoms with Gasteiger partial charge in [-0.05, 0) is 54.4 Å². The molecule has 0 fully saturated rings. The maximum Gasteiger partial charge on any atom is 0.408 e. The fourth-order valence-corrected chi connectivity index (χ4v) is 1.62. The Bertz CT molecular complexity index is 419. The van der Waals surface area contributed by atoms with Gasteiger partial charge in [0.2, 0.25) is 0 Å². The van der Waals surface area contributed by atoms with Crippen LogP contribution in [0.25, 0.3) is 0 Å². The molecule has 134 valence electrons. The van der Waals surface area contributed by atoms with Gasteiger partial charge in [0.05, 0.1) is 7.11 Å². The Balaban J connectivity index is 4.75. The van der Waals surface area contributed by atoms with Crippen molar-refractivity contribution in [1.29, 1.82) is 0 Å². The summed E-state index contributed by atoms with van der Waals surface area (Å²) in [5, 5.41) is 2.50. The third-order valence-electron chi connectivity index (χ3n) is 2.48. The molecule has 1 N–H and O–H groups in total. The lowest BCUT2D eigenvalue weighted by atomic mass is 10.1. The maximum atomic E-state index is 12.2. The second-order valence-electron chi connectivity index (χ2n) is 7.20. The molecular formula is C16H29NO6. The first-order valence-corrected chi connectivity index (χ1v) is 7.63. The van der Waals surface area contributed by atoms with Gasteiger partial charge in [-0.3, -0.25) is 4.79 Å². The highest BCUT2D eigenvalue weighted by molar-refractivity contribution is 5.81. The fraction of sp³-hybridized carbons (Fsp3) is 0.812. The van der Waals surface area contributed by atoms with E-state index >= 15 is 0 Å². The molecule has 0 spiro atoms. The van der Waals surface area contributed by atoms with Crippen LogP contribution in [0, 0.1) is 0 Å². The van der Waals surface area contributed by atoms with Crippen LogP contribution in [0.4, 0.5) is 4.79 Å². The van der Waals surface area contributed by atoms with E-state index in [1.165, 1.54) is 7.11 Å². The molecule has 7 nitrogen and oxygen atoms in total. The van der Waals surface area contributed by atoms with Gasteiger partial charge >= 0.3 is 18.0 Å². The average Bonchev–Trinajstić information content (AvgIpc) is 2.32. The molecule has 7 heteroatoms. The van der Waals surface area contributed by atoms with E-state index < -0.39 is 29.3 Å². The Kier molecular flexibility index (Phi) is 8.06. The first-order chi connectivity index (χ1) is 10.3. The zero-order chi connectivity index (χ0) is 18.3. The molecule has 0 saturated carbocycles. The second-order valence-corrected chi connectivity index (χ2v) is 7.20. The summed E-state index contributed by atoms with van der Waals surface area (Å²) in [4.78, 5) is 35.2. The second kappa shape index (κ2) is 8.74. The topological polar surface area (TPSA) is 90.9 Å². The number of alkyl carbamates (subject to hydrolysis) is 1. The molecule has 0 aromatic heterocycles. The summed E-state index contributed by atoms with van der Waals surface area (Å²) in [6.45, 7) is 10.4. The number of hydrogen-bond acceptors (Lipinski definition) is 6. The largest absolute Gasteiger partial charge is 0.469 e. The van der Waals surface area contributed by atoms with Crippen LogP contribution in [0.1, 0.15) is 60.8 Å². The van der Waals surface area contributed by atoms with E-state index in [9.17, 15) is 14.4 Å². The predicted octanol–water partition coefficient (Wildman–Crippen LogP) is 2.56. The number of amides is 1. The number of methoxy groups -OCH3 is 1. The SMILES string of the molecule is COC(=O)CCC[C@H](NC(=O)OC(C)(C)C)C(=O)OC(C)(C)C. The Labute approximate surface area is 138 Å². The van der Waals surface area contributed by atoms with E-state index in [0.29, 0.717) is 6.42 Å². The van der Waals surface area contributed by atoms with Gasteiger partial charge in [0, 0.05) is 6.42 Å². The number of rotatable bonds is 6. The lowest BCUT2D eigenvalue weighted by Gasteiger charge is -2.26. The van der Waals surface area contributed by atoms with Gasteiger partial charge in [-0.15, -0.1) is 0 Å². The van der Waals surface area contributed by atoms with Crippen LogP contribution in [-0.2, 0) is 23.8 Å². The minimum absolute atomic E-state index is 0.159. The minimum Gasteiger partial charge on any atom is -0.469 e. The van der Waals surface area contributed by atoms with Crippen molar-refractivity contribution in [2.24, 2.45) is 0 Å². The number of hydrogen-bond donors (Lipinski definition) is 1. The fourth-order valence-electron chi connectivity index (χ4n) is 1.62. The van der Waals surface area contributed by atoms with E-state index in [2.05, 4.69) is 10.1 Å². The van der Waals surface area contributed by atoms with Crippen LogP contribution in [0.2, 0.25) is 0 Å². The number of esters is 2. The maximum absolute atomic E-state index is 12.2. The summed E-state index contributed by atoms with van der Waals surface area (Å²) in [6.07, 6.45) is 0.0907. The van der Waals surface area contributed by atoms with E-state index in [0.717, 1.165) is 0 Å². The molecule has 0 aliphatic heterocycles. The molecule has 0 saturated heterocycles. The quantitative estimate of drug-likeness (QED) is 0.594. The molecule has 0 aliphatic carbocycles. The van der Waals surface area contributed by atoms with Crippen molar-refractivity contribution in [2.45, 2.75) is 78.0 Å². The first-order valence-electron chi connectivity index (χ1n) is 7.63. The molecule has 0 aromatic rings. The molecule has 0 aliphatic rings. The number of carbonyl (C=O) groups is 3. The van der Waals surface area contributed by atoms with Gasteiger partial charge in [0.25, 0.3) is 0 Å². The Morgan fingerprint density at radius 2 is 1.48 bits per heavy atom. The van der Waals surface area contributed by atoms with Gasteiger partial charge in [0.1, 0.15) is 17.2 Å². The molecule has 0 rings (SSSR count).